The number of amides is 3. The maximum atomic E-state index is 13.9. The van der Waals surface area contributed by atoms with Gasteiger partial charge in [-0.05, 0) is 30.7 Å². The molecule has 0 spiro atoms. The normalized spacial score (nSPS) is 15.3. The maximum Gasteiger partial charge on any atom is 0.314 e. The van der Waals surface area contributed by atoms with Gasteiger partial charge in [-0.2, -0.15) is 0 Å². The molecular weight excluding hydrogens is 353 g/mol. The molecule has 0 saturated carbocycles. The SMILES string of the molecule is NC(=O)N1CCCN(C(=O)/C=C/c2ccc(-c3ccccc3F)s2)CC1. The largest absolute Gasteiger partial charge is 0.351 e. The predicted molar refractivity (Wildman–Crippen MR) is 101 cm³/mol. The van der Waals surface area contributed by atoms with Gasteiger partial charge in [0.05, 0.1) is 0 Å². The van der Waals surface area contributed by atoms with E-state index >= 15 is 0 Å². The Bertz CT molecular complexity index is 834. The molecule has 1 saturated heterocycles. The van der Waals surface area contributed by atoms with Gasteiger partial charge in [0.2, 0.25) is 5.91 Å². The van der Waals surface area contributed by atoms with Crippen LogP contribution in [0.15, 0.2) is 42.5 Å². The number of urea groups is 1. The Kier molecular flexibility index (Phi) is 5.68. The van der Waals surface area contributed by atoms with Gasteiger partial charge in [0, 0.05) is 47.6 Å². The number of carbonyl (C=O) groups is 2. The monoisotopic (exact) mass is 373 g/mol. The molecule has 3 amide bonds. The Morgan fingerprint density at radius 2 is 1.77 bits per heavy atom. The van der Waals surface area contributed by atoms with Crippen LogP contribution in [0.25, 0.3) is 16.5 Å². The summed E-state index contributed by atoms with van der Waals surface area (Å²) in [4.78, 5) is 28.6. The Labute approximate surface area is 155 Å². The zero-order valence-corrected chi connectivity index (χ0v) is 15.0. The van der Waals surface area contributed by atoms with Crippen LogP contribution in [0.1, 0.15) is 11.3 Å². The number of hydrogen-bond acceptors (Lipinski definition) is 3. The summed E-state index contributed by atoms with van der Waals surface area (Å²) in [6.07, 6.45) is 3.98. The topological polar surface area (TPSA) is 66.6 Å². The van der Waals surface area contributed by atoms with Crippen molar-refractivity contribution in [2.75, 3.05) is 26.2 Å². The van der Waals surface area contributed by atoms with Crippen molar-refractivity contribution < 1.29 is 14.0 Å². The Hall–Kier alpha value is -2.67. The van der Waals surface area contributed by atoms with E-state index in [0.29, 0.717) is 38.2 Å². The zero-order chi connectivity index (χ0) is 18.5. The van der Waals surface area contributed by atoms with Crippen LogP contribution in [0.4, 0.5) is 9.18 Å². The fourth-order valence-corrected chi connectivity index (χ4v) is 3.80. The molecule has 0 bridgehead atoms. The number of benzene rings is 1. The Balaban J connectivity index is 1.64. The van der Waals surface area contributed by atoms with Crippen LogP contribution in [-0.2, 0) is 4.79 Å². The third-order valence-corrected chi connectivity index (χ3v) is 5.36. The highest BCUT2D eigenvalue weighted by Crippen LogP contribution is 2.30. The van der Waals surface area contributed by atoms with Crippen molar-refractivity contribution in [3.8, 4) is 10.4 Å². The minimum atomic E-state index is -0.450. The van der Waals surface area contributed by atoms with Gasteiger partial charge in [-0.25, -0.2) is 9.18 Å². The number of rotatable bonds is 3. The molecule has 1 aliphatic rings. The molecule has 1 fully saturated rings. The van der Waals surface area contributed by atoms with Crippen molar-refractivity contribution >= 4 is 29.4 Å². The lowest BCUT2D eigenvalue weighted by Crippen LogP contribution is -2.39. The van der Waals surface area contributed by atoms with Gasteiger partial charge >= 0.3 is 6.03 Å². The lowest BCUT2D eigenvalue weighted by molar-refractivity contribution is -0.125. The van der Waals surface area contributed by atoms with Gasteiger partial charge in [-0.15, -0.1) is 11.3 Å². The fourth-order valence-electron chi connectivity index (χ4n) is 2.87. The summed E-state index contributed by atoms with van der Waals surface area (Å²) < 4.78 is 13.9. The number of carbonyl (C=O) groups excluding carboxylic acids is 2. The van der Waals surface area contributed by atoms with Gasteiger partial charge in [0.15, 0.2) is 0 Å². The van der Waals surface area contributed by atoms with Gasteiger partial charge in [0.1, 0.15) is 5.82 Å². The third-order valence-electron chi connectivity index (χ3n) is 4.28. The molecule has 1 aromatic carbocycles. The third kappa shape index (κ3) is 4.29. The van der Waals surface area contributed by atoms with Gasteiger partial charge in [-0.1, -0.05) is 18.2 Å². The fraction of sp³-hybridized carbons (Fsp3) is 0.263. The summed E-state index contributed by atoms with van der Waals surface area (Å²) in [6, 6.07) is 9.90. The molecule has 136 valence electrons. The van der Waals surface area contributed by atoms with Gasteiger partial charge in [0.25, 0.3) is 0 Å². The summed E-state index contributed by atoms with van der Waals surface area (Å²) in [5.74, 6) is -0.360. The lowest BCUT2D eigenvalue weighted by Gasteiger charge is -2.19. The van der Waals surface area contributed by atoms with E-state index in [0.717, 1.165) is 9.75 Å². The van der Waals surface area contributed by atoms with Crippen molar-refractivity contribution in [1.29, 1.82) is 0 Å². The van der Waals surface area contributed by atoms with Crippen molar-refractivity contribution in [3.05, 3.63) is 53.2 Å². The zero-order valence-electron chi connectivity index (χ0n) is 14.2. The first-order chi connectivity index (χ1) is 12.5. The molecule has 2 heterocycles. The van der Waals surface area contributed by atoms with E-state index in [-0.39, 0.29) is 11.7 Å². The van der Waals surface area contributed by atoms with E-state index in [1.807, 2.05) is 12.1 Å². The summed E-state index contributed by atoms with van der Waals surface area (Å²) >= 11 is 1.43. The lowest BCUT2D eigenvalue weighted by atomic mass is 10.2. The number of nitrogens with two attached hydrogens (primary N) is 1. The second kappa shape index (κ2) is 8.14. The Morgan fingerprint density at radius 3 is 2.54 bits per heavy atom. The van der Waals surface area contributed by atoms with Crippen LogP contribution >= 0.6 is 11.3 Å². The molecule has 5 nitrogen and oxygen atoms in total. The van der Waals surface area contributed by atoms with Crippen LogP contribution < -0.4 is 5.73 Å². The predicted octanol–water partition coefficient (Wildman–Crippen LogP) is 3.18. The molecule has 0 atom stereocenters. The van der Waals surface area contributed by atoms with Gasteiger partial charge < -0.3 is 15.5 Å². The second-order valence-electron chi connectivity index (χ2n) is 6.02. The van der Waals surface area contributed by atoms with Gasteiger partial charge in [-0.3, -0.25) is 4.79 Å². The van der Waals surface area contributed by atoms with E-state index in [1.54, 1.807) is 34.1 Å². The summed E-state index contributed by atoms with van der Waals surface area (Å²) in [6.45, 7) is 2.08. The molecule has 26 heavy (non-hydrogen) atoms. The highest BCUT2D eigenvalue weighted by molar-refractivity contribution is 7.16. The van der Waals surface area contributed by atoms with Crippen LogP contribution in [0.5, 0.6) is 0 Å². The standard InChI is InChI=1S/C19H20FN3O2S/c20-16-5-2-1-4-15(16)17-8-6-14(26-17)7-9-18(24)22-10-3-11-23(13-12-22)19(21)25/h1-2,4-9H,3,10-13H2,(H2,21,25)/b9-7+. The molecular formula is C19H20FN3O2S. The summed E-state index contributed by atoms with van der Waals surface area (Å²) in [7, 11) is 0. The highest BCUT2D eigenvalue weighted by atomic mass is 32.1. The van der Waals surface area contributed by atoms with Crippen LogP contribution in [0.2, 0.25) is 0 Å². The molecule has 3 rings (SSSR count). The maximum absolute atomic E-state index is 13.9. The van der Waals surface area contributed by atoms with E-state index in [9.17, 15) is 14.0 Å². The molecule has 0 aliphatic carbocycles. The van der Waals surface area contributed by atoms with Crippen molar-refractivity contribution in [1.82, 2.24) is 9.80 Å². The van der Waals surface area contributed by atoms with Crippen LogP contribution in [-0.4, -0.2) is 47.9 Å². The van der Waals surface area contributed by atoms with Crippen molar-refractivity contribution in [2.24, 2.45) is 5.73 Å². The molecule has 0 radical (unpaired) electrons. The molecule has 0 unspecified atom stereocenters. The first-order valence-corrected chi connectivity index (χ1v) is 9.22. The molecule has 1 aliphatic heterocycles. The highest BCUT2D eigenvalue weighted by Gasteiger charge is 2.19. The first kappa shape index (κ1) is 18.1. The smallest absolute Gasteiger partial charge is 0.314 e. The summed E-state index contributed by atoms with van der Waals surface area (Å²) in [5, 5.41) is 0. The number of thiophene rings is 1. The van der Waals surface area contributed by atoms with Crippen LogP contribution in [0, 0.1) is 5.82 Å². The molecule has 1 aromatic heterocycles. The number of primary amides is 1. The van der Waals surface area contributed by atoms with E-state index in [4.69, 9.17) is 5.73 Å². The number of hydrogen-bond donors (Lipinski definition) is 1. The second-order valence-corrected chi connectivity index (χ2v) is 7.13. The molecule has 7 heteroatoms. The van der Waals surface area contributed by atoms with E-state index in [2.05, 4.69) is 0 Å². The van der Waals surface area contributed by atoms with Crippen molar-refractivity contribution in [2.45, 2.75) is 6.42 Å². The van der Waals surface area contributed by atoms with E-state index in [1.165, 1.54) is 23.5 Å². The van der Waals surface area contributed by atoms with Crippen LogP contribution in [0.3, 0.4) is 0 Å². The minimum Gasteiger partial charge on any atom is -0.351 e. The summed E-state index contributed by atoms with van der Waals surface area (Å²) in [5.41, 5.74) is 5.86. The first-order valence-electron chi connectivity index (χ1n) is 8.40. The average Bonchev–Trinajstić information content (AvgIpc) is 2.94. The van der Waals surface area contributed by atoms with E-state index < -0.39 is 6.03 Å². The number of halogens is 1. The van der Waals surface area contributed by atoms with Crippen molar-refractivity contribution in [3.63, 3.8) is 0 Å². The number of nitrogens with zero attached hydrogens (tertiary/aromatic N) is 2. The quantitative estimate of drug-likeness (QED) is 0.840. The minimum absolute atomic E-state index is 0.0998. The Morgan fingerprint density at radius 1 is 1.04 bits per heavy atom. The molecule has 2 N–H and O–H groups in total. The average molecular weight is 373 g/mol. The molecule has 2 aromatic rings.